The molecule has 0 spiro atoms. The summed E-state index contributed by atoms with van der Waals surface area (Å²) in [5.41, 5.74) is 3.20. The molecule has 3 rings (SSSR count). The lowest BCUT2D eigenvalue weighted by molar-refractivity contribution is -0.113. The average molecular weight is 479 g/mol. The Hall–Kier alpha value is -1.87. The zero-order valence-corrected chi connectivity index (χ0v) is 17.2. The second-order valence-corrected chi connectivity index (χ2v) is 7.82. The first kappa shape index (κ1) is 18.9. The van der Waals surface area contributed by atoms with Gasteiger partial charge in [0.25, 0.3) is 5.22 Å². The summed E-state index contributed by atoms with van der Waals surface area (Å²) in [5, 5.41) is 11.3. The Morgan fingerprint density at radius 3 is 2.46 bits per heavy atom. The summed E-state index contributed by atoms with van der Waals surface area (Å²) >= 11 is 3.46. The lowest BCUT2D eigenvalue weighted by Gasteiger charge is -2.03. The van der Waals surface area contributed by atoms with Gasteiger partial charge in [0.1, 0.15) is 0 Å². The number of benzene rings is 2. The van der Waals surface area contributed by atoms with E-state index in [2.05, 4.69) is 69.3 Å². The van der Waals surface area contributed by atoms with E-state index in [1.807, 2.05) is 24.3 Å². The van der Waals surface area contributed by atoms with Crippen LogP contribution < -0.4 is 5.32 Å². The Morgan fingerprint density at radius 1 is 1.08 bits per heavy atom. The number of carbonyl (C=O) groups excluding carboxylic acids is 1. The van der Waals surface area contributed by atoms with Crippen LogP contribution in [0.1, 0.15) is 23.9 Å². The van der Waals surface area contributed by atoms with Crippen LogP contribution in [0, 0.1) is 3.57 Å². The van der Waals surface area contributed by atoms with Crippen LogP contribution in [0.25, 0.3) is 0 Å². The lowest BCUT2D eigenvalue weighted by Crippen LogP contribution is -2.13. The van der Waals surface area contributed by atoms with Gasteiger partial charge in [-0.2, -0.15) is 0 Å². The highest BCUT2D eigenvalue weighted by Crippen LogP contribution is 2.19. The molecule has 0 fully saturated rings. The summed E-state index contributed by atoms with van der Waals surface area (Å²) in [6, 6.07) is 16.0. The van der Waals surface area contributed by atoms with Crippen LogP contribution >= 0.6 is 34.4 Å². The predicted octanol–water partition coefficient (Wildman–Crippen LogP) is 4.56. The number of anilines is 1. The van der Waals surface area contributed by atoms with Crippen molar-refractivity contribution >= 4 is 45.9 Å². The first-order valence-corrected chi connectivity index (χ1v) is 10.3. The van der Waals surface area contributed by atoms with E-state index in [1.54, 1.807) is 0 Å². The van der Waals surface area contributed by atoms with Crippen LogP contribution in [0.3, 0.4) is 0 Å². The van der Waals surface area contributed by atoms with Gasteiger partial charge in [0.15, 0.2) is 0 Å². The maximum Gasteiger partial charge on any atom is 0.277 e. The van der Waals surface area contributed by atoms with Gasteiger partial charge in [-0.15, -0.1) is 10.2 Å². The molecule has 0 atom stereocenters. The molecule has 2 aromatic carbocycles. The van der Waals surface area contributed by atoms with Crippen LogP contribution in [0.5, 0.6) is 0 Å². The number of aromatic nitrogens is 2. The molecular formula is C19H18IN3O2S. The number of amides is 1. The predicted molar refractivity (Wildman–Crippen MR) is 111 cm³/mol. The van der Waals surface area contributed by atoms with Gasteiger partial charge in [-0.25, -0.2) is 0 Å². The van der Waals surface area contributed by atoms with E-state index in [-0.39, 0.29) is 11.7 Å². The topological polar surface area (TPSA) is 68.0 Å². The fraction of sp³-hybridized carbons (Fsp3) is 0.211. The SMILES string of the molecule is CCc1ccc(Cc2nnc(SCC(=O)Nc3ccc(I)cc3)o2)cc1. The molecule has 0 bridgehead atoms. The van der Waals surface area contributed by atoms with Crippen LogP contribution in [-0.2, 0) is 17.6 Å². The number of hydrogen-bond donors (Lipinski definition) is 1. The smallest absolute Gasteiger partial charge is 0.277 e. The number of thioether (sulfide) groups is 1. The van der Waals surface area contributed by atoms with E-state index < -0.39 is 0 Å². The highest BCUT2D eigenvalue weighted by atomic mass is 127. The fourth-order valence-electron chi connectivity index (χ4n) is 2.29. The normalized spacial score (nSPS) is 10.7. The minimum absolute atomic E-state index is 0.105. The standard InChI is InChI=1S/C19H18IN3O2S/c1-2-13-3-5-14(6-4-13)11-18-22-23-19(25-18)26-12-17(24)21-16-9-7-15(20)8-10-16/h3-10H,2,11-12H2,1H3,(H,21,24). The molecule has 0 saturated heterocycles. The Morgan fingerprint density at radius 2 is 1.77 bits per heavy atom. The first-order valence-electron chi connectivity index (χ1n) is 8.21. The minimum atomic E-state index is -0.105. The van der Waals surface area contributed by atoms with E-state index in [0.29, 0.717) is 17.5 Å². The zero-order valence-electron chi connectivity index (χ0n) is 14.2. The largest absolute Gasteiger partial charge is 0.416 e. The van der Waals surface area contributed by atoms with Gasteiger partial charge in [-0.1, -0.05) is 43.0 Å². The third-order valence-corrected chi connectivity index (χ3v) is 5.23. The highest BCUT2D eigenvalue weighted by molar-refractivity contribution is 14.1. The molecule has 1 heterocycles. The Bertz CT molecular complexity index is 863. The monoisotopic (exact) mass is 479 g/mol. The maximum atomic E-state index is 12.0. The van der Waals surface area contributed by atoms with Crippen LogP contribution in [0.4, 0.5) is 5.69 Å². The summed E-state index contributed by atoms with van der Waals surface area (Å²) in [6.45, 7) is 2.13. The van der Waals surface area contributed by atoms with Gasteiger partial charge in [-0.3, -0.25) is 4.79 Å². The van der Waals surface area contributed by atoms with Crippen molar-refractivity contribution in [3.05, 3.63) is 69.1 Å². The van der Waals surface area contributed by atoms with E-state index in [0.717, 1.165) is 21.2 Å². The number of aryl methyl sites for hydroxylation is 1. The minimum Gasteiger partial charge on any atom is -0.416 e. The van der Waals surface area contributed by atoms with Gasteiger partial charge in [0, 0.05) is 9.26 Å². The van der Waals surface area contributed by atoms with Gasteiger partial charge < -0.3 is 9.73 Å². The van der Waals surface area contributed by atoms with Gasteiger partial charge in [0.2, 0.25) is 11.8 Å². The molecule has 0 aliphatic carbocycles. The lowest BCUT2D eigenvalue weighted by atomic mass is 10.1. The van der Waals surface area contributed by atoms with Crippen LogP contribution in [0.2, 0.25) is 0 Å². The second kappa shape index (κ2) is 9.18. The molecule has 0 aliphatic heterocycles. The third-order valence-electron chi connectivity index (χ3n) is 3.69. The summed E-state index contributed by atoms with van der Waals surface area (Å²) < 4.78 is 6.74. The number of hydrogen-bond acceptors (Lipinski definition) is 5. The van der Waals surface area contributed by atoms with Crippen molar-refractivity contribution in [3.8, 4) is 0 Å². The van der Waals surface area contributed by atoms with E-state index in [1.165, 1.54) is 17.3 Å². The summed E-state index contributed by atoms with van der Waals surface area (Å²) in [5.74, 6) is 0.666. The second-order valence-electron chi connectivity index (χ2n) is 5.65. The molecule has 0 radical (unpaired) electrons. The summed E-state index contributed by atoms with van der Waals surface area (Å²) in [4.78, 5) is 12.0. The van der Waals surface area contributed by atoms with Crippen molar-refractivity contribution in [1.82, 2.24) is 10.2 Å². The van der Waals surface area contributed by atoms with E-state index in [4.69, 9.17) is 4.42 Å². The Balaban J connectivity index is 1.49. The highest BCUT2D eigenvalue weighted by Gasteiger charge is 2.10. The molecule has 5 nitrogen and oxygen atoms in total. The van der Waals surface area contributed by atoms with Crippen molar-refractivity contribution in [2.24, 2.45) is 0 Å². The molecule has 0 aliphatic rings. The molecular weight excluding hydrogens is 461 g/mol. The van der Waals surface area contributed by atoms with Crippen molar-refractivity contribution in [2.45, 2.75) is 25.0 Å². The van der Waals surface area contributed by atoms with Gasteiger partial charge >= 0.3 is 0 Å². The zero-order chi connectivity index (χ0) is 18.4. The summed E-state index contributed by atoms with van der Waals surface area (Å²) in [7, 11) is 0. The third kappa shape index (κ3) is 5.57. The Labute approximate surface area is 170 Å². The van der Waals surface area contributed by atoms with Crippen molar-refractivity contribution in [3.63, 3.8) is 0 Å². The molecule has 3 aromatic rings. The number of carbonyl (C=O) groups is 1. The maximum absolute atomic E-state index is 12.0. The quantitative estimate of drug-likeness (QED) is 0.398. The molecule has 1 N–H and O–H groups in total. The number of nitrogens with one attached hydrogen (secondary N) is 1. The van der Waals surface area contributed by atoms with Gasteiger partial charge in [-0.05, 0) is 64.4 Å². The van der Waals surface area contributed by atoms with Crippen LogP contribution in [-0.4, -0.2) is 21.9 Å². The molecule has 134 valence electrons. The number of nitrogens with zero attached hydrogens (tertiary/aromatic N) is 2. The van der Waals surface area contributed by atoms with Crippen LogP contribution in [0.15, 0.2) is 58.2 Å². The number of halogens is 1. The molecule has 1 aromatic heterocycles. The average Bonchev–Trinajstić information content (AvgIpc) is 3.10. The first-order chi connectivity index (χ1) is 12.6. The van der Waals surface area contributed by atoms with Gasteiger partial charge in [0.05, 0.1) is 12.2 Å². The number of rotatable bonds is 7. The molecule has 0 saturated carbocycles. The van der Waals surface area contributed by atoms with E-state index >= 15 is 0 Å². The van der Waals surface area contributed by atoms with E-state index in [9.17, 15) is 4.79 Å². The Kier molecular flexibility index (Phi) is 6.67. The molecule has 0 unspecified atom stereocenters. The molecule has 1 amide bonds. The van der Waals surface area contributed by atoms with Crippen molar-refractivity contribution in [1.29, 1.82) is 0 Å². The fourth-order valence-corrected chi connectivity index (χ4v) is 3.23. The summed E-state index contributed by atoms with van der Waals surface area (Å²) in [6.07, 6.45) is 1.61. The van der Waals surface area contributed by atoms with Crippen molar-refractivity contribution in [2.75, 3.05) is 11.1 Å². The molecule has 7 heteroatoms. The molecule has 26 heavy (non-hydrogen) atoms. The van der Waals surface area contributed by atoms with Crippen molar-refractivity contribution < 1.29 is 9.21 Å².